The third-order valence-electron chi connectivity index (χ3n) is 1.99. The van der Waals surface area contributed by atoms with Crippen molar-refractivity contribution in [1.29, 1.82) is 5.26 Å². The van der Waals surface area contributed by atoms with E-state index in [0.29, 0.717) is 5.76 Å². The fourth-order valence-corrected chi connectivity index (χ4v) is 1.25. The number of hydrogen-bond donors (Lipinski definition) is 0. The second-order valence-corrected chi connectivity index (χ2v) is 3.08. The van der Waals surface area contributed by atoms with Crippen LogP contribution in [-0.2, 0) is 0 Å². The van der Waals surface area contributed by atoms with Gasteiger partial charge in [0.15, 0.2) is 0 Å². The summed E-state index contributed by atoms with van der Waals surface area (Å²) in [5.41, 5.74) is 0.235. The van der Waals surface area contributed by atoms with Crippen molar-refractivity contribution in [3.63, 3.8) is 0 Å². The maximum atomic E-state index is 10.4. The van der Waals surface area contributed by atoms with E-state index in [4.69, 9.17) is 14.1 Å². The SMILES string of the molecule is N#C/C(=C\c1ccc([N+](=O)[O-])o1)c1ccco1. The Bertz CT molecular complexity index is 602. The third-order valence-corrected chi connectivity index (χ3v) is 1.99. The van der Waals surface area contributed by atoms with E-state index in [0.717, 1.165) is 0 Å². The Morgan fingerprint density at radius 1 is 1.47 bits per heavy atom. The number of rotatable bonds is 3. The zero-order chi connectivity index (χ0) is 12.3. The minimum Gasteiger partial charge on any atom is -0.464 e. The molecule has 0 aliphatic heterocycles. The molecule has 0 aliphatic carbocycles. The Morgan fingerprint density at radius 3 is 2.82 bits per heavy atom. The predicted molar refractivity (Wildman–Crippen MR) is 57.6 cm³/mol. The van der Waals surface area contributed by atoms with Crippen LogP contribution in [0.3, 0.4) is 0 Å². The van der Waals surface area contributed by atoms with Gasteiger partial charge in [0.2, 0.25) is 0 Å². The summed E-state index contributed by atoms with van der Waals surface area (Å²) in [5, 5.41) is 19.3. The number of nitro groups is 1. The van der Waals surface area contributed by atoms with Gasteiger partial charge in [-0.05, 0) is 18.2 Å². The summed E-state index contributed by atoms with van der Waals surface area (Å²) in [4.78, 5) is 9.76. The van der Waals surface area contributed by atoms with E-state index >= 15 is 0 Å². The molecule has 0 saturated heterocycles. The maximum Gasteiger partial charge on any atom is 0.433 e. The molecule has 84 valence electrons. The van der Waals surface area contributed by atoms with E-state index in [1.54, 1.807) is 12.1 Å². The van der Waals surface area contributed by atoms with Crippen molar-refractivity contribution in [3.05, 3.63) is 52.2 Å². The van der Waals surface area contributed by atoms with Gasteiger partial charge in [0, 0.05) is 6.08 Å². The third kappa shape index (κ3) is 2.23. The minimum atomic E-state index is -0.643. The summed E-state index contributed by atoms with van der Waals surface area (Å²) >= 11 is 0. The summed E-state index contributed by atoms with van der Waals surface area (Å²) in [7, 11) is 0. The molecule has 0 spiro atoms. The lowest BCUT2D eigenvalue weighted by atomic mass is 10.2. The zero-order valence-corrected chi connectivity index (χ0v) is 8.49. The van der Waals surface area contributed by atoms with Crippen LogP contribution in [0.1, 0.15) is 11.5 Å². The first kappa shape index (κ1) is 10.7. The average Bonchev–Trinajstić information content (AvgIpc) is 2.96. The van der Waals surface area contributed by atoms with Gasteiger partial charge in [0.1, 0.15) is 22.5 Å². The molecule has 0 fully saturated rings. The molecule has 0 amide bonds. The molecule has 2 aromatic heterocycles. The molecule has 0 atom stereocenters. The fraction of sp³-hybridized carbons (Fsp3) is 0. The van der Waals surface area contributed by atoms with Gasteiger partial charge in [0.25, 0.3) is 0 Å². The quantitative estimate of drug-likeness (QED) is 0.459. The van der Waals surface area contributed by atoms with E-state index in [9.17, 15) is 10.1 Å². The van der Waals surface area contributed by atoms with Crippen LogP contribution in [0.2, 0.25) is 0 Å². The van der Waals surface area contributed by atoms with E-state index in [1.165, 1.54) is 24.5 Å². The molecule has 6 heteroatoms. The van der Waals surface area contributed by atoms with Gasteiger partial charge in [-0.1, -0.05) is 0 Å². The molecular formula is C11H6N2O4. The molecule has 0 radical (unpaired) electrons. The molecule has 0 aliphatic rings. The van der Waals surface area contributed by atoms with Gasteiger partial charge in [-0.3, -0.25) is 10.1 Å². The van der Waals surface area contributed by atoms with Gasteiger partial charge < -0.3 is 8.83 Å². The van der Waals surface area contributed by atoms with E-state index in [1.807, 2.05) is 6.07 Å². The first-order chi connectivity index (χ1) is 8.20. The number of nitrogens with zero attached hydrogens (tertiary/aromatic N) is 2. The Hall–Kier alpha value is -2.81. The molecule has 0 aromatic carbocycles. The Labute approximate surface area is 95.5 Å². The Kier molecular flexibility index (Phi) is 2.75. The van der Waals surface area contributed by atoms with Crippen LogP contribution in [0, 0.1) is 21.4 Å². The second-order valence-electron chi connectivity index (χ2n) is 3.08. The van der Waals surface area contributed by atoms with Crippen molar-refractivity contribution in [1.82, 2.24) is 0 Å². The van der Waals surface area contributed by atoms with Gasteiger partial charge >= 0.3 is 5.88 Å². The van der Waals surface area contributed by atoms with E-state index < -0.39 is 4.92 Å². The summed E-state index contributed by atoms with van der Waals surface area (Å²) in [6.45, 7) is 0. The summed E-state index contributed by atoms with van der Waals surface area (Å²) < 4.78 is 9.95. The van der Waals surface area contributed by atoms with Gasteiger partial charge in [-0.25, -0.2) is 0 Å². The van der Waals surface area contributed by atoms with Crippen LogP contribution in [0.15, 0.2) is 39.4 Å². The molecule has 0 saturated carbocycles. The smallest absolute Gasteiger partial charge is 0.433 e. The van der Waals surface area contributed by atoms with Crippen LogP contribution in [0.5, 0.6) is 0 Å². The van der Waals surface area contributed by atoms with E-state index in [-0.39, 0.29) is 17.2 Å². The predicted octanol–water partition coefficient (Wildman–Crippen LogP) is 2.84. The molecule has 0 bridgehead atoms. The Morgan fingerprint density at radius 2 is 2.29 bits per heavy atom. The zero-order valence-electron chi connectivity index (χ0n) is 8.49. The lowest BCUT2D eigenvalue weighted by Gasteiger charge is -1.90. The maximum absolute atomic E-state index is 10.4. The number of nitriles is 1. The van der Waals surface area contributed by atoms with Crippen molar-refractivity contribution >= 4 is 17.5 Å². The first-order valence-corrected chi connectivity index (χ1v) is 4.60. The molecule has 17 heavy (non-hydrogen) atoms. The van der Waals surface area contributed by atoms with Crippen LogP contribution in [0.4, 0.5) is 5.88 Å². The molecule has 2 heterocycles. The average molecular weight is 230 g/mol. The Balaban J connectivity index is 2.34. The molecule has 6 nitrogen and oxygen atoms in total. The number of hydrogen-bond acceptors (Lipinski definition) is 5. The molecule has 2 aromatic rings. The fourth-order valence-electron chi connectivity index (χ4n) is 1.25. The van der Waals surface area contributed by atoms with Crippen molar-refractivity contribution < 1.29 is 13.8 Å². The van der Waals surface area contributed by atoms with Crippen molar-refractivity contribution in [2.45, 2.75) is 0 Å². The minimum absolute atomic E-state index is 0.227. The highest BCUT2D eigenvalue weighted by Crippen LogP contribution is 2.22. The first-order valence-electron chi connectivity index (χ1n) is 4.60. The number of furan rings is 2. The molecule has 2 rings (SSSR count). The van der Waals surface area contributed by atoms with Gasteiger partial charge in [-0.15, -0.1) is 0 Å². The summed E-state index contributed by atoms with van der Waals surface area (Å²) in [6, 6.07) is 7.83. The number of allylic oxidation sites excluding steroid dienone is 1. The largest absolute Gasteiger partial charge is 0.464 e. The highest BCUT2D eigenvalue weighted by atomic mass is 16.6. The van der Waals surface area contributed by atoms with Gasteiger partial charge in [-0.2, -0.15) is 5.26 Å². The van der Waals surface area contributed by atoms with Crippen LogP contribution in [0.25, 0.3) is 11.6 Å². The lowest BCUT2D eigenvalue weighted by Crippen LogP contribution is -1.82. The van der Waals surface area contributed by atoms with E-state index in [2.05, 4.69) is 0 Å². The van der Waals surface area contributed by atoms with Crippen molar-refractivity contribution in [2.24, 2.45) is 0 Å². The van der Waals surface area contributed by atoms with Crippen LogP contribution >= 0.6 is 0 Å². The highest BCUT2D eigenvalue weighted by Gasteiger charge is 2.12. The van der Waals surface area contributed by atoms with Gasteiger partial charge in [0.05, 0.1) is 17.9 Å². The molecular weight excluding hydrogens is 224 g/mol. The summed E-state index contributed by atoms with van der Waals surface area (Å²) in [5.74, 6) is 0.240. The van der Waals surface area contributed by atoms with Crippen LogP contribution in [-0.4, -0.2) is 4.92 Å². The van der Waals surface area contributed by atoms with Crippen molar-refractivity contribution in [3.8, 4) is 6.07 Å². The second kappa shape index (κ2) is 4.37. The standard InChI is InChI=1S/C11H6N2O4/c12-7-8(10-2-1-5-16-10)6-9-3-4-11(17-9)13(14)15/h1-6H/b8-6+. The normalized spacial score (nSPS) is 11.1. The monoisotopic (exact) mass is 230 g/mol. The van der Waals surface area contributed by atoms with Crippen LogP contribution < -0.4 is 0 Å². The molecule has 0 N–H and O–H groups in total. The lowest BCUT2D eigenvalue weighted by molar-refractivity contribution is -0.402. The highest BCUT2D eigenvalue weighted by molar-refractivity contribution is 5.86. The topological polar surface area (TPSA) is 93.2 Å². The molecule has 0 unspecified atom stereocenters. The summed E-state index contributed by atoms with van der Waals surface area (Å²) in [6.07, 6.45) is 2.82. The van der Waals surface area contributed by atoms with Crippen molar-refractivity contribution in [2.75, 3.05) is 0 Å².